The number of nitrogen functional groups attached to an aromatic ring is 1. The van der Waals surface area contributed by atoms with E-state index in [1.807, 2.05) is 0 Å². The number of carbonyl (C=O) groups is 1. The SMILES string of the molecule is Cc1ccc(F)c(C(=O)NCCOc2ccc(N)cc2)c1. The van der Waals surface area contributed by atoms with Crippen LogP contribution in [0.4, 0.5) is 10.1 Å². The van der Waals surface area contributed by atoms with Crippen LogP contribution in [0.5, 0.6) is 5.75 Å². The van der Waals surface area contributed by atoms with Gasteiger partial charge in [-0.05, 0) is 43.3 Å². The van der Waals surface area contributed by atoms with E-state index in [1.165, 1.54) is 12.1 Å². The number of halogens is 1. The number of amides is 1. The maximum atomic E-state index is 13.5. The third kappa shape index (κ3) is 4.21. The fourth-order valence-electron chi connectivity index (χ4n) is 1.81. The summed E-state index contributed by atoms with van der Waals surface area (Å²) in [6.45, 7) is 2.39. The molecule has 3 N–H and O–H groups in total. The van der Waals surface area contributed by atoms with Crippen LogP contribution in [0.3, 0.4) is 0 Å². The number of rotatable bonds is 5. The van der Waals surface area contributed by atoms with Crippen molar-refractivity contribution in [3.63, 3.8) is 0 Å². The number of carbonyl (C=O) groups excluding carboxylic acids is 1. The van der Waals surface area contributed by atoms with Crippen LogP contribution in [0, 0.1) is 12.7 Å². The Balaban J connectivity index is 1.81. The lowest BCUT2D eigenvalue weighted by Gasteiger charge is -2.09. The van der Waals surface area contributed by atoms with Gasteiger partial charge in [-0.3, -0.25) is 4.79 Å². The molecule has 0 unspecified atom stereocenters. The van der Waals surface area contributed by atoms with Crippen molar-refractivity contribution < 1.29 is 13.9 Å². The van der Waals surface area contributed by atoms with E-state index in [2.05, 4.69) is 5.32 Å². The Morgan fingerprint density at radius 1 is 1.24 bits per heavy atom. The van der Waals surface area contributed by atoms with Crippen molar-refractivity contribution in [2.24, 2.45) is 0 Å². The van der Waals surface area contributed by atoms with Crippen LogP contribution in [0.2, 0.25) is 0 Å². The van der Waals surface area contributed by atoms with Crippen molar-refractivity contribution in [2.75, 3.05) is 18.9 Å². The summed E-state index contributed by atoms with van der Waals surface area (Å²) >= 11 is 0. The summed E-state index contributed by atoms with van der Waals surface area (Å²) in [5.41, 5.74) is 7.10. The molecule has 0 heterocycles. The molecule has 2 aromatic carbocycles. The topological polar surface area (TPSA) is 64.3 Å². The molecule has 5 heteroatoms. The maximum absolute atomic E-state index is 13.5. The molecule has 0 aliphatic rings. The number of aryl methyl sites for hydroxylation is 1. The molecule has 0 fully saturated rings. The van der Waals surface area contributed by atoms with E-state index in [1.54, 1.807) is 37.3 Å². The molecule has 2 rings (SSSR count). The van der Waals surface area contributed by atoms with Gasteiger partial charge in [0.2, 0.25) is 0 Å². The summed E-state index contributed by atoms with van der Waals surface area (Å²) in [5.74, 6) is -0.310. The minimum atomic E-state index is -0.530. The number of ether oxygens (including phenoxy) is 1. The summed E-state index contributed by atoms with van der Waals surface area (Å²) in [7, 11) is 0. The van der Waals surface area contributed by atoms with Crippen LogP contribution in [-0.4, -0.2) is 19.1 Å². The van der Waals surface area contributed by atoms with Crippen molar-refractivity contribution in [1.29, 1.82) is 0 Å². The van der Waals surface area contributed by atoms with Gasteiger partial charge >= 0.3 is 0 Å². The highest BCUT2D eigenvalue weighted by molar-refractivity contribution is 5.94. The van der Waals surface area contributed by atoms with Gasteiger partial charge in [-0.2, -0.15) is 0 Å². The predicted octanol–water partition coefficient (Wildman–Crippen LogP) is 2.53. The van der Waals surface area contributed by atoms with Gasteiger partial charge in [-0.15, -0.1) is 0 Å². The monoisotopic (exact) mass is 288 g/mol. The van der Waals surface area contributed by atoms with Crippen molar-refractivity contribution in [3.8, 4) is 5.75 Å². The van der Waals surface area contributed by atoms with Gasteiger partial charge in [-0.1, -0.05) is 11.6 Å². The average molecular weight is 288 g/mol. The van der Waals surface area contributed by atoms with E-state index < -0.39 is 11.7 Å². The number of nitrogens with two attached hydrogens (primary N) is 1. The van der Waals surface area contributed by atoms with E-state index in [4.69, 9.17) is 10.5 Å². The lowest BCUT2D eigenvalue weighted by Crippen LogP contribution is -2.28. The smallest absolute Gasteiger partial charge is 0.254 e. The number of nitrogens with one attached hydrogen (secondary N) is 1. The van der Waals surface area contributed by atoms with Gasteiger partial charge in [0.15, 0.2) is 0 Å². The zero-order chi connectivity index (χ0) is 15.2. The summed E-state index contributed by atoms with van der Waals surface area (Å²) in [5, 5.41) is 2.62. The molecule has 21 heavy (non-hydrogen) atoms. The Morgan fingerprint density at radius 3 is 2.67 bits per heavy atom. The van der Waals surface area contributed by atoms with Crippen LogP contribution >= 0.6 is 0 Å². The molecule has 4 nitrogen and oxygen atoms in total. The number of anilines is 1. The van der Waals surface area contributed by atoms with Crippen LogP contribution in [0.15, 0.2) is 42.5 Å². The lowest BCUT2D eigenvalue weighted by atomic mass is 10.1. The second-order valence-corrected chi connectivity index (χ2v) is 4.66. The summed E-state index contributed by atoms with van der Waals surface area (Å²) in [4.78, 5) is 11.9. The molecule has 0 aliphatic carbocycles. The maximum Gasteiger partial charge on any atom is 0.254 e. The highest BCUT2D eigenvalue weighted by atomic mass is 19.1. The molecule has 0 aliphatic heterocycles. The predicted molar refractivity (Wildman–Crippen MR) is 79.8 cm³/mol. The van der Waals surface area contributed by atoms with Gasteiger partial charge in [-0.25, -0.2) is 4.39 Å². The second-order valence-electron chi connectivity index (χ2n) is 4.66. The molecule has 0 saturated heterocycles. The van der Waals surface area contributed by atoms with Gasteiger partial charge in [0.25, 0.3) is 5.91 Å². The first-order valence-electron chi connectivity index (χ1n) is 6.59. The standard InChI is InChI=1S/C16H17FN2O2/c1-11-2-7-15(17)14(10-11)16(20)19-8-9-21-13-5-3-12(18)4-6-13/h2-7,10H,8-9,18H2,1H3,(H,19,20). The minimum absolute atomic E-state index is 0.0440. The Hall–Kier alpha value is -2.56. The average Bonchev–Trinajstić information content (AvgIpc) is 2.47. The third-order valence-corrected chi connectivity index (χ3v) is 2.90. The van der Waals surface area contributed by atoms with Crippen molar-refractivity contribution in [1.82, 2.24) is 5.32 Å². The lowest BCUT2D eigenvalue weighted by molar-refractivity contribution is 0.0943. The van der Waals surface area contributed by atoms with E-state index in [-0.39, 0.29) is 12.1 Å². The molecule has 0 bridgehead atoms. The summed E-state index contributed by atoms with van der Waals surface area (Å²) in [6.07, 6.45) is 0. The molecule has 0 aromatic heterocycles. The highest BCUT2D eigenvalue weighted by Crippen LogP contribution is 2.13. The van der Waals surface area contributed by atoms with E-state index in [0.717, 1.165) is 5.56 Å². The minimum Gasteiger partial charge on any atom is -0.492 e. The van der Waals surface area contributed by atoms with E-state index in [0.29, 0.717) is 18.0 Å². The number of hydrogen-bond donors (Lipinski definition) is 2. The van der Waals surface area contributed by atoms with E-state index in [9.17, 15) is 9.18 Å². The molecule has 0 saturated carbocycles. The van der Waals surface area contributed by atoms with Gasteiger partial charge < -0.3 is 15.8 Å². The largest absolute Gasteiger partial charge is 0.492 e. The first-order valence-corrected chi connectivity index (χ1v) is 6.59. The second kappa shape index (κ2) is 6.74. The normalized spacial score (nSPS) is 10.2. The Bertz CT molecular complexity index is 627. The quantitative estimate of drug-likeness (QED) is 0.656. The van der Waals surface area contributed by atoms with Crippen molar-refractivity contribution >= 4 is 11.6 Å². The molecular weight excluding hydrogens is 271 g/mol. The molecule has 0 spiro atoms. The fourth-order valence-corrected chi connectivity index (χ4v) is 1.81. The van der Waals surface area contributed by atoms with Crippen molar-refractivity contribution in [3.05, 3.63) is 59.4 Å². The molecule has 0 atom stereocenters. The van der Waals surface area contributed by atoms with Crippen molar-refractivity contribution in [2.45, 2.75) is 6.92 Å². The van der Waals surface area contributed by atoms with Crippen LogP contribution < -0.4 is 15.8 Å². The third-order valence-electron chi connectivity index (χ3n) is 2.90. The van der Waals surface area contributed by atoms with Gasteiger partial charge in [0.05, 0.1) is 12.1 Å². The molecule has 2 aromatic rings. The van der Waals surface area contributed by atoms with E-state index >= 15 is 0 Å². The Kier molecular flexibility index (Phi) is 4.77. The Morgan fingerprint density at radius 2 is 1.95 bits per heavy atom. The van der Waals surface area contributed by atoms with Gasteiger partial charge in [0.1, 0.15) is 18.2 Å². The highest BCUT2D eigenvalue weighted by Gasteiger charge is 2.10. The van der Waals surface area contributed by atoms with Gasteiger partial charge in [0, 0.05) is 5.69 Å². The molecule has 110 valence electrons. The molecule has 0 radical (unpaired) electrons. The summed E-state index contributed by atoms with van der Waals surface area (Å²) in [6, 6.07) is 11.4. The zero-order valence-corrected chi connectivity index (χ0v) is 11.7. The number of benzene rings is 2. The zero-order valence-electron chi connectivity index (χ0n) is 11.7. The van der Waals surface area contributed by atoms with Crippen LogP contribution in [0.1, 0.15) is 15.9 Å². The first kappa shape index (κ1) is 14.8. The van der Waals surface area contributed by atoms with Crippen LogP contribution in [0.25, 0.3) is 0 Å². The Labute approximate surface area is 122 Å². The molecular formula is C16H17FN2O2. The fraction of sp³-hybridized carbons (Fsp3) is 0.188. The summed E-state index contributed by atoms with van der Waals surface area (Å²) < 4.78 is 19.0. The first-order chi connectivity index (χ1) is 10.1. The van der Waals surface area contributed by atoms with Crippen LogP contribution in [-0.2, 0) is 0 Å². The number of hydrogen-bond acceptors (Lipinski definition) is 3. The molecule has 1 amide bonds.